The van der Waals surface area contributed by atoms with E-state index in [0.717, 1.165) is 37.2 Å². The van der Waals surface area contributed by atoms with Crippen molar-refractivity contribution in [3.8, 4) is 11.5 Å². The Labute approximate surface area is 173 Å². The number of rotatable bonds is 7. The molecule has 1 atom stereocenters. The van der Waals surface area contributed by atoms with Crippen LogP contribution < -0.4 is 14.8 Å². The monoisotopic (exact) mass is 402 g/mol. The number of benzene rings is 1. The molecular formula is C23H34N2O4. The second-order valence-corrected chi connectivity index (χ2v) is 8.60. The molecular weight excluding hydrogens is 368 g/mol. The third-order valence-electron chi connectivity index (χ3n) is 6.43. The van der Waals surface area contributed by atoms with E-state index in [1.165, 1.54) is 0 Å². The van der Waals surface area contributed by atoms with Crippen LogP contribution in [0.25, 0.3) is 0 Å². The van der Waals surface area contributed by atoms with Gasteiger partial charge in [0.05, 0.1) is 13.7 Å². The molecule has 1 heterocycles. The molecule has 6 nitrogen and oxygen atoms in total. The lowest BCUT2D eigenvalue weighted by atomic mass is 9.86. The van der Waals surface area contributed by atoms with Crippen LogP contribution in [0, 0.1) is 5.92 Å². The molecule has 1 N–H and O–H groups in total. The van der Waals surface area contributed by atoms with E-state index in [4.69, 9.17) is 9.47 Å². The van der Waals surface area contributed by atoms with Crippen LogP contribution in [0.5, 0.6) is 11.5 Å². The lowest BCUT2D eigenvalue weighted by molar-refractivity contribution is -0.141. The number of carbonyl (C=O) groups is 2. The summed E-state index contributed by atoms with van der Waals surface area (Å²) >= 11 is 0. The summed E-state index contributed by atoms with van der Waals surface area (Å²) in [6.45, 7) is 7.02. The van der Waals surface area contributed by atoms with E-state index in [-0.39, 0.29) is 17.9 Å². The molecule has 1 aromatic carbocycles. The molecule has 160 valence electrons. The maximum atomic E-state index is 13.2. The Morgan fingerprint density at radius 2 is 1.97 bits per heavy atom. The van der Waals surface area contributed by atoms with Crippen molar-refractivity contribution in [2.75, 3.05) is 13.7 Å². The number of ether oxygens (including phenoxy) is 2. The predicted octanol–water partition coefficient (Wildman–Crippen LogP) is 3.67. The highest BCUT2D eigenvalue weighted by Crippen LogP contribution is 2.35. The molecule has 3 rings (SSSR count). The number of hydrogen-bond donors (Lipinski definition) is 1. The molecule has 0 aromatic heterocycles. The van der Waals surface area contributed by atoms with Crippen molar-refractivity contribution >= 4 is 11.8 Å². The number of likely N-dealkylation sites (tertiary alicyclic amines) is 1. The zero-order valence-electron chi connectivity index (χ0n) is 18.1. The number of hydrogen-bond acceptors (Lipinski definition) is 4. The first-order valence-corrected chi connectivity index (χ1v) is 10.8. The minimum Gasteiger partial charge on any atom is -0.493 e. The van der Waals surface area contributed by atoms with Gasteiger partial charge in [-0.15, -0.1) is 0 Å². The van der Waals surface area contributed by atoms with Crippen LogP contribution >= 0.6 is 0 Å². The van der Waals surface area contributed by atoms with Gasteiger partial charge in [0.15, 0.2) is 11.5 Å². The third-order valence-corrected chi connectivity index (χ3v) is 6.43. The minimum atomic E-state index is -0.814. The molecule has 1 saturated heterocycles. The van der Waals surface area contributed by atoms with Gasteiger partial charge in [-0.1, -0.05) is 13.0 Å². The Bertz CT molecular complexity index is 742. The highest BCUT2D eigenvalue weighted by atomic mass is 16.5. The normalized spacial score (nSPS) is 27.0. The lowest BCUT2D eigenvalue weighted by Crippen LogP contribution is -2.56. The summed E-state index contributed by atoms with van der Waals surface area (Å²) in [5.41, 5.74) is 0.109. The van der Waals surface area contributed by atoms with Gasteiger partial charge in [0.2, 0.25) is 11.8 Å². The Kier molecular flexibility index (Phi) is 6.70. The van der Waals surface area contributed by atoms with Gasteiger partial charge in [-0.3, -0.25) is 9.59 Å². The molecule has 0 spiro atoms. The average Bonchev–Trinajstić information content (AvgIpc) is 3.00. The minimum absolute atomic E-state index is 0.0211. The molecule has 1 aliphatic carbocycles. The fourth-order valence-electron chi connectivity index (χ4n) is 4.41. The van der Waals surface area contributed by atoms with Crippen molar-refractivity contribution in [1.29, 1.82) is 0 Å². The van der Waals surface area contributed by atoms with E-state index in [1.807, 2.05) is 32.0 Å². The first-order valence-electron chi connectivity index (χ1n) is 10.8. The molecule has 2 fully saturated rings. The topological polar surface area (TPSA) is 67.9 Å². The van der Waals surface area contributed by atoms with Gasteiger partial charge in [-0.2, -0.15) is 0 Å². The molecule has 1 unspecified atom stereocenters. The molecule has 0 bridgehead atoms. The van der Waals surface area contributed by atoms with E-state index in [0.29, 0.717) is 37.5 Å². The summed E-state index contributed by atoms with van der Waals surface area (Å²) in [5, 5.41) is 3.23. The summed E-state index contributed by atoms with van der Waals surface area (Å²) in [5.74, 6) is 2.04. The lowest BCUT2D eigenvalue weighted by Gasteiger charge is -2.36. The van der Waals surface area contributed by atoms with E-state index in [9.17, 15) is 9.59 Å². The van der Waals surface area contributed by atoms with E-state index < -0.39 is 5.54 Å². The van der Waals surface area contributed by atoms with Crippen LogP contribution in [0.15, 0.2) is 18.2 Å². The fraction of sp³-hybridized carbons (Fsp3) is 0.652. The van der Waals surface area contributed by atoms with Crippen LogP contribution in [0.2, 0.25) is 0 Å². The van der Waals surface area contributed by atoms with Crippen molar-refractivity contribution in [2.45, 2.75) is 77.4 Å². The van der Waals surface area contributed by atoms with Crippen molar-refractivity contribution in [1.82, 2.24) is 10.2 Å². The Morgan fingerprint density at radius 3 is 2.62 bits per heavy atom. The second kappa shape index (κ2) is 9.06. The van der Waals surface area contributed by atoms with Crippen molar-refractivity contribution < 1.29 is 19.1 Å². The molecule has 2 amide bonds. The van der Waals surface area contributed by atoms with Gasteiger partial charge >= 0.3 is 0 Å². The van der Waals surface area contributed by atoms with Gasteiger partial charge in [0.25, 0.3) is 0 Å². The molecule has 1 aromatic rings. The number of carbonyl (C=O) groups excluding carboxylic acids is 2. The van der Waals surface area contributed by atoms with Crippen LogP contribution in [0.3, 0.4) is 0 Å². The Morgan fingerprint density at radius 1 is 1.24 bits per heavy atom. The van der Waals surface area contributed by atoms with Crippen LogP contribution in [-0.4, -0.2) is 42.0 Å². The Hall–Kier alpha value is -2.24. The van der Waals surface area contributed by atoms with Gasteiger partial charge < -0.3 is 19.7 Å². The number of methoxy groups -OCH3 is 1. The average molecular weight is 403 g/mol. The standard InChI is InChI=1S/C23H34N2O4/c1-5-29-19-11-8-17(14-20(19)28-4)15-25-21(26)12-13-23(25,3)22(27)24-18-9-6-16(2)7-10-18/h8,11,14,16,18H,5-7,9-10,12-13,15H2,1-4H3,(H,24,27). The third kappa shape index (κ3) is 4.68. The maximum Gasteiger partial charge on any atom is 0.245 e. The zero-order valence-corrected chi connectivity index (χ0v) is 18.1. The number of nitrogens with zero attached hydrogens (tertiary/aromatic N) is 1. The molecule has 6 heteroatoms. The Balaban J connectivity index is 1.73. The molecule has 1 aliphatic heterocycles. The predicted molar refractivity (Wildman–Crippen MR) is 112 cm³/mol. The van der Waals surface area contributed by atoms with Gasteiger partial charge in [0, 0.05) is 19.0 Å². The zero-order chi connectivity index (χ0) is 21.0. The number of amides is 2. The second-order valence-electron chi connectivity index (χ2n) is 8.60. The maximum absolute atomic E-state index is 13.2. The molecule has 0 radical (unpaired) electrons. The SMILES string of the molecule is CCOc1ccc(CN2C(=O)CCC2(C)C(=O)NC2CCC(C)CC2)cc1OC. The summed E-state index contributed by atoms with van der Waals surface area (Å²) in [7, 11) is 1.60. The van der Waals surface area contributed by atoms with Crippen molar-refractivity contribution in [3.63, 3.8) is 0 Å². The smallest absolute Gasteiger partial charge is 0.245 e. The summed E-state index contributed by atoms with van der Waals surface area (Å²) < 4.78 is 11.0. The highest BCUT2D eigenvalue weighted by Gasteiger charge is 2.47. The summed E-state index contributed by atoms with van der Waals surface area (Å²) in [4.78, 5) is 27.5. The van der Waals surface area contributed by atoms with Gasteiger partial charge in [0.1, 0.15) is 5.54 Å². The van der Waals surface area contributed by atoms with Crippen LogP contribution in [-0.2, 0) is 16.1 Å². The number of nitrogens with one attached hydrogen (secondary N) is 1. The summed E-state index contributed by atoms with van der Waals surface area (Å²) in [6.07, 6.45) is 5.29. The molecule has 2 aliphatic rings. The van der Waals surface area contributed by atoms with E-state index in [1.54, 1.807) is 12.0 Å². The van der Waals surface area contributed by atoms with Crippen LogP contribution in [0.1, 0.15) is 64.9 Å². The van der Waals surface area contributed by atoms with Gasteiger partial charge in [-0.25, -0.2) is 0 Å². The van der Waals surface area contributed by atoms with Crippen LogP contribution in [0.4, 0.5) is 0 Å². The highest BCUT2D eigenvalue weighted by molar-refractivity contribution is 5.94. The fourth-order valence-corrected chi connectivity index (χ4v) is 4.41. The summed E-state index contributed by atoms with van der Waals surface area (Å²) in [6, 6.07) is 5.90. The van der Waals surface area contributed by atoms with E-state index in [2.05, 4.69) is 12.2 Å². The van der Waals surface area contributed by atoms with Crippen molar-refractivity contribution in [2.24, 2.45) is 5.92 Å². The first-order chi connectivity index (χ1) is 13.9. The first kappa shape index (κ1) is 21.5. The van der Waals surface area contributed by atoms with E-state index >= 15 is 0 Å². The van der Waals surface area contributed by atoms with Crippen molar-refractivity contribution in [3.05, 3.63) is 23.8 Å². The quantitative estimate of drug-likeness (QED) is 0.756. The van der Waals surface area contributed by atoms with Gasteiger partial charge in [-0.05, 0) is 69.6 Å². The molecule has 29 heavy (non-hydrogen) atoms. The largest absolute Gasteiger partial charge is 0.493 e. The molecule has 1 saturated carbocycles.